The van der Waals surface area contributed by atoms with E-state index in [0.29, 0.717) is 5.92 Å². The lowest BCUT2D eigenvalue weighted by atomic mass is 9.82. The Hall–Kier alpha value is -1.51. The Morgan fingerprint density at radius 1 is 1.29 bits per heavy atom. The average molecular weight is 286 g/mol. The number of nitrogen functional groups attached to an aromatic ring is 1. The first-order valence-corrected chi connectivity index (χ1v) is 8.24. The normalized spacial score (nSPS) is 27.1. The Labute approximate surface area is 127 Å². The first kappa shape index (κ1) is 14.4. The molecule has 3 heteroatoms. The topological polar surface area (TPSA) is 55.1 Å². The molecular weight excluding hydrogens is 260 g/mol. The van der Waals surface area contributed by atoms with Crippen molar-refractivity contribution in [1.82, 2.24) is 5.32 Å². The summed E-state index contributed by atoms with van der Waals surface area (Å²) >= 11 is 0. The average Bonchev–Trinajstić information content (AvgIpc) is 3.27. The van der Waals surface area contributed by atoms with Gasteiger partial charge in [0.1, 0.15) is 0 Å². The molecule has 0 aliphatic heterocycles. The van der Waals surface area contributed by atoms with Crippen molar-refractivity contribution in [2.45, 2.75) is 50.9 Å². The van der Waals surface area contributed by atoms with Crippen LogP contribution in [0.15, 0.2) is 24.3 Å². The molecule has 2 atom stereocenters. The zero-order chi connectivity index (χ0) is 14.9. The Morgan fingerprint density at radius 3 is 2.62 bits per heavy atom. The third-order valence-electron chi connectivity index (χ3n) is 5.24. The number of carbonyl (C=O) groups excluding carboxylic acids is 1. The van der Waals surface area contributed by atoms with E-state index in [2.05, 4.69) is 12.2 Å². The van der Waals surface area contributed by atoms with Crippen LogP contribution < -0.4 is 11.1 Å². The molecule has 3 rings (SSSR count). The van der Waals surface area contributed by atoms with Crippen LogP contribution >= 0.6 is 0 Å². The lowest BCUT2D eigenvalue weighted by Gasteiger charge is -2.27. The van der Waals surface area contributed by atoms with Gasteiger partial charge in [0.15, 0.2) is 0 Å². The molecular formula is C18H26N2O. The second-order valence-electron chi connectivity index (χ2n) is 7.05. The van der Waals surface area contributed by atoms with Crippen LogP contribution in [0.5, 0.6) is 0 Å². The molecule has 0 bridgehead atoms. The van der Waals surface area contributed by atoms with Crippen LogP contribution in [0.4, 0.5) is 5.69 Å². The number of rotatable bonds is 4. The van der Waals surface area contributed by atoms with Crippen molar-refractivity contribution >= 4 is 11.6 Å². The molecule has 2 aliphatic rings. The van der Waals surface area contributed by atoms with E-state index in [1.54, 1.807) is 0 Å². The number of hydrogen-bond acceptors (Lipinski definition) is 2. The van der Waals surface area contributed by atoms with Crippen LogP contribution in [0.3, 0.4) is 0 Å². The van der Waals surface area contributed by atoms with Gasteiger partial charge in [-0.15, -0.1) is 0 Å². The monoisotopic (exact) mass is 286 g/mol. The number of nitrogens with two attached hydrogens (primary N) is 1. The predicted molar refractivity (Wildman–Crippen MR) is 85.9 cm³/mol. The van der Waals surface area contributed by atoms with Gasteiger partial charge >= 0.3 is 0 Å². The van der Waals surface area contributed by atoms with Gasteiger partial charge in [0.2, 0.25) is 5.91 Å². The van der Waals surface area contributed by atoms with Gasteiger partial charge in [0.25, 0.3) is 0 Å². The fraction of sp³-hybridized carbons (Fsp3) is 0.611. The maximum absolute atomic E-state index is 12.6. The maximum Gasteiger partial charge on any atom is 0.230 e. The summed E-state index contributed by atoms with van der Waals surface area (Å²) in [5.74, 6) is 1.69. The van der Waals surface area contributed by atoms with Crippen LogP contribution in [0.1, 0.15) is 51.0 Å². The van der Waals surface area contributed by atoms with Gasteiger partial charge in [-0.2, -0.15) is 0 Å². The highest BCUT2D eigenvalue weighted by atomic mass is 16.2. The molecule has 0 spiro atoms. The molecule has 3 nitrogen and oxygen atoms in total. The van der Waals surface area contributed by atoms with Crippen molar-refractivity contribution in [3.05, 3.63) is 29.8 Å². The van der Waals surface area contributed by atoms with Gasteiger partial charge in [-0.1, -0.05) is 31.9 Å². The first-order valence-electron chi connectivity index (χ1n) is 8.24. The summed E-state index contributed by atoms with van der Waals surface area (Å²) < 4.78 is 0. The predicted octanol–water partition coefficient (Wildman–Crippen LogP) is 3.24. The highest BCUT2D eigenvalue weighted by molar-refractivity contribution is 5.91. The largest absolute Gasteiger partial charge is 0.399 e. The molecule has 2 aliphatic carbocycles. The van der Waals surface area contributed by atoms with Gasteiger partial charge in [-0.05, 0) is 55.2 Å². The summed E-state index contributed by atoms with van der Waals surface area (Å²) in [6.07, 6.45) is 7.10. The molecule has 0 saturated heterocycles. The molecule has 1 amide bonds. The molecule has 0 aromatic heterocycles. The van der Waals surface area contributed by atoms with Crippen molar-refractivity contribution in [3.8, 4) is 0 Å². The summed E-state index contributed by atoms with van der Waals surface area (Å²) in [6, 6.07) is 7.80. The second-order valence-corrected chi connectivity index (χ2v) is 7.05. The zero-order valence-corrected chi connectivity index (χ0v) is 12.9. The number of hydrogen-bond donors (Lipinski definition) is 2. The van der Waals surface area contributed by atoms with Gasteiger partial charge in [-0.25, -0.2) is 0 Å². The van der Waals surface area contributed by atoms with Gasteiger partial charge < -0.3 is 11.1 Å². The molecule has 1 aromatic carbocycles. The quantitative estimate of drug-likeness (QED) is 0.835. The number of nitrogens with one attached hydrogen (secondary N) is 1. The minimum absolute atomic E-state index is 0.213. The molecule has 1 aromatic rings. The SMILES string of the molecule is CC1CCCC(CNC(=O)C2(c3ccc(N)cc3)CC2)C1. The van der Waals surface area contributed by atoms with E-state index in [4.69, 9.17) is 5.73 Å². The highest BCUT2D eigenvalue weighted by Crippen LogP contribution is 2.48. The maximum atomic E-state index is 12.6. The second kappa shape index (κ2) is 5.70. The molecule has 2 saturated carbocycles. The fourth-order valence-corrected chi connectivity index (χ4v) is 3.73. The molecule has 2 unspecified atom stereocenters. The van der Waals surface area contributed by atoms with Gasteiger partial charge in [0, 0.05) is 12.2 Å². The summed E-state index contributed by atoms with van der Waals surface area (Å²) in [4.78, 5) is 12.6. The van der Waals surface area contributed by atoms with Crippen molar-refractivity contribution in [1.29, 1.82) is 0 Å². The lowest BCUT2D eigenvalue weighted by molar-refractivity contribution is -0.123. The van der Waals surface area contributed by atoms with E-state index in [1.807, 2.05) is 24.3 Å². The van der Waals surface area contributed by atoms with Crippen molar-refractivity contribution in [2.24, 2.45) is 11.8 Å². The summed E-state index contributed by atoms with van der Waals surface area (Å²) in [6.45, 7) is 3.17. The highest BCUT2D eigenvalue weighted by Gasteiger charge is 2.51. The zero-order valence-electron chi connectivity index (χ0n) is 12.9. The Morgan fingerprint density at radius 2 is 2.00 bits per heavy atom. The van der Waals surface area contributed by atoms with Gasteiger partial charge in [0.05, 0.1) is 5.41 Å². The Bertz CT molecular complexity index is 504. The molecule has 21 heavy (non-hydrogen) atoms. The van der Waals surface area contributed by atoms with E-state index < -0.39 is 0 Å². The van der Waals surface area contributed by atoms with Crippen LogP contribution in [0, 0.1) is 11.8 Å². The molecule has 114 valence electrons. The number of carbonyl (C=O) groups is 1. The van der Waals surface area contributed by atoms with Crippen molar-refractivity contribution < 1.29 is 4.79 Å². The minimum atomic E-state index is -0.270. The van der Waals surface area contributed by atoms with E-state index in [0.717, 1.165) is 36.6 Å². The smallest absolute Gasteiger partial charge is 0.230 e. The third-order valence-corrected chi connectivity index (χ3v) is 5.24. The van der Waals surface area contributed by atoms with Gasteiger partial charge in [-0.3, -0.25) is 4.79 Å². The summed E-state index contributed by atoms with van der Waals surface area (Å²) in [5.41, 5.74) is 7.34. The summed E-state index contributed by atoms with van der Waals surface area (Å²) in [5, 5.41) is 3.22. The Balaban J connectivity index is 1.59. The Kier molecular flexibility index (Phi) is 3.92. The van der Waals surface area contributed by atoms with Crippen molar-refractivity contribution in [2.75, 3.05) is 12.3 Å². The lowest BCUT2D eigenvalue weighted by Crippen LogP contribution is -2.38. The van der Waals surface area contributed by atoms with Crippen LogP contribution in [-0.2, 0) is 10.2 Å². The van der Waals surface area contributed by atoms with Crippen LogP contribution in [0.2, 0.25) is 0 Å². The molecule has 0 radical (unpaired) electrons. The van der Waals surface area contributed by atoms with E-state index >= 15 is 0 Å². The standard InChI is InChI=1S/C18H26N2O/c1-13-3-2-4-14(11-13)12-20-17(21)18(9-10-18)15-5-7-16(19)8-6-15/h5-8,13-14H,2-4,9-12,19H2,1H3,(H,20,21). The molecule has 3 N–H and O–H groups in total. The number of benzene rings is 1. The number of amides is 1. The minimum Gasteiger partial charge on any atom is -0.399 e. The van der Waals surface area contributed by atoms with E-state index in [9.17, 15) is 4.79 Å². The van der Waals surface area contributed by atoms with Crippen LogP contribution in [-0.4, -0.2) is 12.5 Å². The van der Waals surface area contributed by atoms with E-state index in [1.165, 1.54) is 25.7 Å². The molecule has 0 heterocycles. The third kappa shape index (κ3) is 3.07. The molecule has 2 fully saturated rings. The van der Waals surface area contributed by atoms with E-state index in [-0.39, 0.29) is 11.3 Å². The number of anilines is 1. The van der Waals surface area contributed by atoms with Crippen molar-refractivity contribution in [3.63, 3.8) is 0 Å². The fourth-order valence-electron chi connectivity index (χ4n) is 3.73. The van der Waals surface area contributed by atoms with Crippen LogP contribution in [0.25, 0.3) is 0 Å². The first-order chi connectivity index (χ1) is 10.1. The summed E-state index contributed by atoms with van der Waals surface area (Å²) in [7, 11) is 0.